The summed E-state index contributed by atoms with van der Waals surface area (Å²) in [4.78, 5) is 20.5. The number of aliphatic hydroxyl groups is 1. The molecule has 0 aliphatic heterocycles. The Bertz CT molecular complexity index is 437. The molecule has 6 heteroatoms. The number of nitrogens with zero attached hydrogens (tertiary/aromatic N) is 2. The Morgan fingerprint density at radius 1 is 1.38 bits per heavy atom. The molecule has 0 heterocycles. The molecule has 16 heavy (non-hydrogen) atoms. The summed E-state index contributed by atoms with van der Waals surface area (Å²) >= 11 is 0. The van der Waals surface area contributed by atoms with Crippen LogP contribution in [-0.4, -0.2) is 28.4 Å². The van der Waals surface area contributed by atoms with Gasteiger partial charge < -0.3 is 5.11 Å². The van der Waals surface area contributed by atoms with Crippen LogP contribution in [0.3, 0.4) is 0 Å². The molecule has 1 aromatic carbocycles. The molecule has 6 nitrogen and oxygen atoms in total. The van der Waals surface area contributed by atoms with Gasteiger partial charge in [-0.3, -0.25) is 10.1 Å². The van der Waals surface area contributed by atoms with E-state index in [-0.39, 0.29) is 18.0 Å². The molecule has 0 saturated heterocycles. The summed E-state index contributed by atoms with van der Waals surface area (Å²) in [7, 11) is 1.33. The smallest absolute Gasteiger partial charge is 0.269 e. The molecular formula is C10H11N2O4+. The number of nitro benzene ring substituents is 1. The van der Waals surface area contributed by atoms with Crippen LogP contribution in [0.5, 0.6) is 0 Å². The fourth-order valence-corrected chi connectivity index (χ4v) is 1.09. The summed E-state index contributed by atoms with van der Waals surface area (Å²) in [5.74, 6) is -0.0717. The van der Waals surface area contributed by atoms with Gasteiger partial charge in [0.25, 0.3) is 5.69 Å². The van der Waals surface area contributed by atoms with Gasteiger partial charge in [-0.25, -0.2) is 0 Å². The highest BCUT2D eigenvalue weighted by atomic mass is 16.6. The molecule has 84 valence electrons. The van der Waals surface area contributed by atoms with Crippen LogP contribution in [0.15, 0.2) is 30.3 Å². The van der Waals surface area contributed by atoms with Crippen molar-refractivity contribution in [2.75, 3.05) is 13.6 Å². The number of aliphatic hydroxyl groups excluding tert-OH is 1. The van der Waals surface area contributed by atoms with Gasteiger partial charge in [0.1, 0.15) is 5.76 Å². The monoisotopic (exact) mass is 223 g/mol. The molecule has 0 aromatic heterocycles. The van der Waals surface area contributed by atoms with Crippen molar-refractivity contribution in [3.8, 4) is 0 Å². The van der Waals surface area contributed by atoms with Crippen LogP contribution < -0.4 is 0 Å². The quantitative estimate of drug-likeness (QED) is 0.365. The highest BCUT2D eigenvalue weighted by Gasteiger charge is 2.06. The lowest BCUT2D eigenvalue weighted by molar-refractivity contribution is -0.508. The van der Waals surface area contributed by atoms with Crippen molar-refractivity contribution in [2.24, 2.45) is 0 Å². The average molecular weight is 223 g/mol. The van der Waals surface area contributed by atoms with Gasteiger partial charge in [0.15, 0.2) is 7.05 Å². The first kappa shape index (κ1) is 11.8. The molecule has 0 radical (unpaired) electrons. The van der Waals surface area contributed by atoms with Crippen molar-refractivity contribution in [1.29, 1.82) is 0 Å². The Hall–Kier alpha value is -2.24. The van der Waals surface area contributed by atoms with Crippen LogP contribution in [0.2, 0.25) is 0 Å². The third-order valence-corrected chi connectivity index (χ3v) is 1.92. The Morgan fingerprint density at radius 2 is 1.94 bits per heavy atom. The van der Waals surface area contributed by atoms with Crippen molar-refractivity contribution in [3.05, 3.63) is 50.9 Å². The van der Waals surface area contributed by atoms with Crippen LogP contribution in [0.1, 0.15) is 5.56 Å². The van der Waals surface area contributed by atoms with Crippen molar-refractivity contribution >= 4 is 11.4 Å². The van der Waals surface area contributed by atoms with E-state index in [1.54, 1.807) is 0 Å². The van der Waals surface area contributed by atoms with Crippen LogP contribution in [0.25, 0.3) is 5.76 Å². The first-order chi connectivity index (χ1) is 7.50. The van der Waals surface area contributed by atoms with E-state index in [1.165, 1.54) is 37.4 Å². The number of hydrogen-bond acceptors (Lipinski definition) is 4. The minimum Gasteiger partial charge on any atom is -0.507 e. The molecule has 0 aliphatic rings. The standard InChI is InChI=1S/C10H10N2O4/c1-11(14)7-6-10(13)8-2-4-9(5-3-8)12(15)16/h2-6H,7H2,1H3/p+1/b10-6-. The maximum atomic E-state index is 10.6. The molecule has 1 aromatic rings. The summed E-state index contributed by atoms with van der Waals surface area (Å²) in [5.41, 5.74) is 0.393. The Kier molecular flexibility index (Phi) is 3.71. The minimum atomic E-state index is -0.518. The zero-order valence-corrected chi connectivity index (χ0v) is 8.66. The largest absolute Gasteiger partial charge is 0.507 e. The maximum absolute atomic E-state index is 10.6. The van der Waals surface area contributed by atoms with Crippen molar-refractivity contribution in [3.63, 3.8) is 0 Å². The Morgan fingerprint density at radius 3 is 2.38 bits per heavy atom. The number of rotatable bonds is 4. The highest BCUT2D eigenvalue weighted by Crippen LogP contribution is 2.16. The lowest BCUT2D eigenvalue weighted by atomic mass is 10.1. The van der Waals surface area contributed by atoms with Crippen LogP contribution in [0, 0.1) is 15.0 Å². The molecule has 1 rings (SSSR count). The predicted molar refractivity (Wildman–Crippen MR) is 58.1 cm³/mol. The molecule has 0 aliphatic carbocycles. The molecule has 0 saturated carbocycles. The van der Waals surface area contributed by atoms with Gasteiger partial charge in [0.05, 0.1) is 4.92 Å². The van der Waals surface area contributed by atoms with E-state index in [0.29, 0.717) is 10.3 Å². The number of hydrogen-bond donors (Lipinski definition) is 1. The van der Waals surface area contributed by atoms with E-state index < -0.39 is 4.92 Å². The zero-order valence-electron chi connectivity index (χ0n) is 8.66. The third kappa shape index (κ3) is 3.16. The van der Waals surface area contributed by atoms with E-state index in [1.807, 2.05) is 0 Å². The lowest BCUT2D eigenvalue weighted by Crippen LogP contribution is -2.00. The average Bonchev–Trinajstić information content (AvgIpc) is 2.26. The van der Waals surface area contributed by atoms with Gasteiger partial charge in [-0.2, -0.15) is 0 Å². The number of benzene rings is 1. The van der Waals surface area contributed by atoms with Gasteiger partial charge in [-0.05, 0) is 16.9 Å². The third-order valence-electron chi connectivity index (χ3n) is 1.92. The second-order valence-electron chi connectivity index (χ2n) is 3.20. The van der Waals surface area contributed by atoms with E-state index in [4.69, 9.17) is 0 Å². The number of nitro groups is 1. The molecule has 0 bridgehead atoms. The van der Waals surface area contributed by atoms with E-state index in [0.717, 1.165) is 0 Å². The topological polar surface area (TPSA) is 83.5 Å². The van der Waals surface area contributed by atoms with Gasteiger partial charge >= 0.3 is 0 Å². The van der Waals surface area contributed by atoms with Gasteiger partial charge in [-0.1, -0.05) is 0 Å². The second kappa shape index (κ2) is 5.01. The Balaban J connectivity index is 2.85. The first-order valence-electron chi connectivity index (χ1n) is 4.53. The van der Waals surface area contributed by atoms with Gasteiger partial charge in [0, 0.05) is 28.7 Å². The Labute approximate surface area is 91.6 Å². The molecule has 0 amide bonds. The molecule has 0 fully saturated rings. The fourth-order valence-electron chi connectivity index (χ4n) is 1.09. The highest BCUT2D eigenvalue weighted by molar-refractivity contribution is 5.59. The summed E-state index contributed by atoms with van der Waals surface area (Å²) in [6.45, 7) is 0.0584. The predicted octanol–water partition coefficient (Wildman–Crippen LogP) is 1.90. The molecular weight excluding hydrogens is 212 g/mol. The first-order valence-corrected chi connectivity index (χ1v) is 4.53. The fraction of sp³-hybridized carbons (Fsp3) is 0.200. The summed E-state index contributed by atoms with van der Waals surface area (Å²) in [6.07, 6.45) is 1.34. The molecule has 0 spiro atoms. The van der Waals surface area contributed by atoms with Crippen LogP contribution >= 0.6 is 0 Å². The summed E-state index contributed by atoms with van der Waals surface area (Å²) in [5, 5.41) is 19.9. The van der Waals surface area contributed by atoms with Crippen LogP contribution in [0.4, 0.5) is 5.69 Å². The number of likely N-dealkylation sites (N-methyl/N-ethyl adjacent to an activating group) is 1. The van der Waals surface area contributed by atoms with E-state index in [9.17, 15) is 20.1 Å². The molecule has 0 atom stereocenters. The lowest BCUT2D eigenvalue weighted by Gasteiger charge is -1.98. The number of nitroso groups, excluding NO2 is 1. The van der Waals surface area contributed by atoms with Gasteiger partial charge in [0.2, 0.25) is 6.54 Å². The van der Waals surface area contributed by atoms with E-state index in [2.05, 4.69) is 0 Å². The summed E-state index contributed by atoms with van der Waals surface area (Å²) < 4.78 is 0.654. The second-order valence-corrected chi connectivity index (χ2v) is 3.20. The van der Waals surface area contributed by atoms with Crippen molar-refractivity contribution in [2.45, 2.75) is 0 Å². The van der Waals surface area contributed by atoms with Crippen molar-refractivity contribution in [1.82, 2.24) is 0 Å². The van der Waals surface area contributed by atoms with Gasteiger partial charge in [-0.15, -0.1) is 0 Å². The SMILES string of the molecule is C[N+](=O)C/C=C(\O)c1ccc([N+](=O)[O-])cc1. The molecule has 0 unspecified atom stereocenters. The summed E-state index contributed by atoms with van der Waals surface area (Å²) in [6, 6.07) is 5.43. The van der Waals surface area contributed by atoms with Crippen molar-refractivity contribution < 1.29 is 14.8 Å². The van der Waals surface area contributed by atoms with Crippen LogP contribution in [-0.2, 0) is 0 Å². The molecule has 1 N–H and O–H groups in total. The zero-order chi connectivity index (χ0) is 12.1. The minimum absolute atomic E-state index is 0.0440. The maximum Gasteiger partial charge on any atom is 0.269 e. The number of non-ortho nitro benzene ring substituents is 1. The normalized spacial score (nSPS) is 11.2. The van der Waals surface area contributed by atoms with E-state index >= 15 is 0 Å².